The molecule has 0 saturated heterocycles. The van der Waals surface area contributed by atoms with Crippen molar-refractivity contribution in [3.8, 4) is 6.07 Å². The molecular formula is C11H12BrFN2. The smallest absolute Gasteiger partial charge is 0.126 e. The standard InChI is InChI=1S/C11H12BrFN2/c12-10-2-3-11(13)9(8-10)4-7-15-6-1-5-14/h2-3,8,15H,1,4,6-7H2. The fourth-order valence-corrected chi connectivity index (χ4v) is 1.64. The third-order valence-electron chi connectivity index (χ3n) is 1.99. The molecule has 0 spiro atoms. The molecule has 0 saturated carbocycles. The minimum Gasteiger partial charge on any atom is -0.315 e. The fourth-order valence-electron chi connectivity index (χ4n) is 1.23. The van der Waals surface area contributed by atoms with E-state index in [4.69, 9.17) is 5.26 Å². The molecule has 0 unspecified atom stereocenters. The Kier molecular flexibility index (Phi) is 5.30. The van der Waals surface area contributed by atoms with E-state index in [9.17, 15) is 4.39 Å². The highest BCUT2D eigenvalue weighted by atomic mass is 79.9. The maximum absolute atomic E-state index is 13.2. The van der Waals surface area contributed by atoms with Crippen LogP contribution in [0.1, 0.15) is 12.0 Å². The van der Waals surface area contributed by atoms with Gasteiger partial charge >= 0.3 is 0 Å². The molecule has 0 aliphatic heterocycles. The monoisotopic (exact) mass is 270 g/mol. The van der Waals surface area contributed by atoms with Crippen LogP contribution in [-0.4, -0.2) is 13.1 Å². The van der Waals surface area contributed by atoms with E-state index in [-0.39, 0.29) is 5.82 Å². The van der Waals surface area contributed by atoms with E-state index in [1.165, 1.54) is 6.07 Å². The number of nitrogens with one attached hydrogen (secondary N) is 1. The first-order valence-corrected chi connectivity index (χ1v) is 5.55. The molecule has 1 aromatic carbocycles. The van der Waals surface area contributed by atoms with Crippen LogP contribution in [0, 0.1) is 17.1 Å². The normalized spacial score (nSPS) is 9.93. The molecule has 2 nitrogen and oxygen atoms in total. The summed E-state index contributed by atoms with van der Waals surface area (Å²) in [6.07, 6.45) is 1.12. The van der Waals surface area contributed by atoms with Crippen LogP contribution in [0.3, 0.4) is 0 Å². The molecule has 0 atom stereocenters. The Hall–Kier alpha value is -0.920. The summed E-state index contributed by atoms with van der Waals surface area (Å²) in [7, 11) is 0. The van der Waals surface area contributed by atoms with Gasteiger partial charge in [0, 0.05) is 17.4 Å². The lowest BCUT2D eigenvalue weighted by Crippen LogP contribution is -2.18. The van der Waals surface area contributed by atoms with Gasteiger partial charge in [-0.3, -0.25) is 0 Å². The van der Waals surface area contributed by atoms with Crippen molar-refractivity contribution in [1.82, 2.24) is 5.32 Å². The SMILES string of the molecule is N#CCCNCCc1cc(Br)ccc1F. The van der Waals surface area contributed by atoms with E-state index < -0.39 is 0 Å². The van der Waals surface area contributed by atoms with Gasteiger partial charge in [0.25, 0.3) is 0 Å². The molecule has 1 rings (SSSR count). The molecule has 4 heteroatoms. The maximum atomic E-state index is 13.2. The average Bonchev–Trinajstić information content (AvgIpc) is 2.23. The van der Waals surface area contributed by atoms with Crippen molar-refractivity contribution in [3.05, 3.63) is 34.1 Å². The molecule has 0 amide bonds. The predicted molar refractivity (Wildman–Crippen MR) is 60.9 cm³/mol. The van der Waals surface area contributed by atoms with E-state index in [1.807, 2.05) is 6.07 Å². The second-order valence-corrected chi connectivity index (χ2v) is 4.06. The number of nitriles is 1. The Morgan fingerprint density at radius 1 is 1.40 bits per heavy atom. The first-order chi connectivity index (χ1) is 7.24. The first-order valence-electron chi connectivity index (χ1n) is 4.75. The largest absolute Gasteiger partial charge is 0.315 e. The summed E-state index contributed by atoms with van der Waals surface area (Å²) in [6, 6.07) is 6.96. The highest BCUT2D eigenvalue weighted by Crippen LogP contribution is 2.15. The van der Waals surface area contributed by atoms with Gasteiger partial charge in [-0.1, -0.05) is 15.9 Å². The van der Waals surface area contributed by atoms with Crippen LogP contribution in [0.15, 0.2) is 22.7 Å². The Balaban J connectivity index is 2.37. The molecule has 1 aromatic rings. The molecule has 0 heterocycles. The second-order valence-electron chi connectivity index (χ2n) is 3.14. The lowest BCUT2D eigenvalue weighted by molar-refractivity contribution is 0.598. The number of nitrogens with zero attached hydrogens (tertiary/aromatic N) is 1. The predicted octanol–water partition coefficient (Wildman–Crippen LogP) is 2.63. The Morgan fingerprint density at radius 3 is 2.93 bits per heavy atom. The van der Waals surface area contributed by atoms with E-state index in [1.54, 1.807) is 12.1 Å². The van der Waals surface area contributed by atoms with Crippen molar-refractivity contribution in [1.29, 1.82) is 5.26 Å². The molecule has 0 radical (unpaired) electrons. The van der Waals surface area contributed by atoms with Gasteiger partial charge in [-0.2, -0.15) is 5.26 Å². The van der Waals surface area contributed by atoms with Gasteiger partial charge in [-0.05, 0) is 36.7 Å². The van der Waals surface area contributed by atoms with E-state index in [0.29, 0.717) is 31.5 Å². The topological polar surface area (TPSA) is 35.8 Å². The summed E-state index contributed by atoms with van der Waals surface area (Å²) in [6.45, 7) is 1.35. The Morgan fingerprint density at radius 2 is 2.20 bits per heavy atom. The number of hydrogen-bond acceptors (Lipinski definition) is 2. The summed E-state index contributed by atoms with van der Waals surface area (Å²) in [5.41, 5.74) is 0.689. The van der Waals surface area contributed by atoms with Crippen LogP contribution in [0.2, 0.25) is 0 Å². The lowest BCUT2D eigenvalue weighted by atomic mass is 10.1. The Bertz CT molecular complexity index is 360. The molecule has 1 N–H and O–H groups in total. The molecule has 80 valence electrons. The lowest BCUT2D eigenvalue weighted by Gasteiger charge is -2.04. The van der Waals surface area contributed by atoms with Gasteiger partial charge in [0.05, 0.1) is 6.07 Å². The van der Waals surface area contributed by atoms with Crippen molar-refractivity contribution in [2.24, 2.45) is 0 Å². The van der Waals surface area contributed by atoms with Gasteiger partial charge in [0.1, 0.15) is 5.82 Å². The molecular weight excluding hydrogens is 259 g/mol. The number of halogens is 2. The zero-order chi connectivity index (χ0) is 11.1. The van der Waals surface area contributed by atoms with Crippen molar-refractivity contribution >= 4 is 15.9 Å². The highest BCUT2D eigenvalue weighted by molar-refractivity contribution is 9.10. The number of hydrogen-bond donors (Lipinski definition) is 1. The highest BCUT2D eigenvalue weighted by Gasteiger charge is 2.01. The minimum atomic E-state index is -0.180. The number of benzene rings is 1. The minimum absolute atomic E-state index is 0.180. The summed E-state index contributed by atoms with van der Waals surface area (Å²) in [4.78, 5) is 0. The van der Waals surface area contributed by atoms with Crippen LogP contribution >= 0.6 is 15.9 Å². The van der Waals surface area contributed by atoms with Crippen molar-refractivity contribution in [3.63, 3.8) is 0 Å². The molecule has 0 bridgehead atoms. The van der Waals surface area contributed by atoms with Crippen molar-refractivity contribution in [2.45, 2.75) is 12.8 Å². The molecule has 0 fully saturated rings. The van der Waals surface area contributed by atoms with Gasteiger partial charge in [-0.15, -0.1) is 0 Å². The van der Waals surface area contributed by atoms with Crippen molar-refractivity contribution < 1.29 is 4.39 Å². The van der Waals surface area contributed by atoms with E-state index in [0.717, 1.165) is 4.47 Å². The zero-order valence-electron chi connectivity index (χ0n) is 8.26. The fraction of sp³-hybridized carbons (Fsp3) is 0.364. The first kappa shape index (κ1) is 12.2. The molecule has 15 heavy (non-hydrogen) atoms. The molecule has 0 aliphatic carbocycles. The average molecular weight is 271 g/mol. The summed E-state index contributed by atoms with van der Waals surface area (Å²) in [5.74, 6) is -0.180. The Labute approximate surface area is 97.2 Å². The van der Waals surface area contributed by atoms with Crippen LogP contribution in [-0.2, 0) is 6.42 Å². The van der Waals surface area contributed by atoms with Gasteiger partial charge in [-0.25, -0.2) is 4.39 Å². The third kappa shape index (κ3) is 4.41. The van der Waals surface area contributed by atoms with Gasteiger partial charge in [0.2, 0.25) is 0 Å². The van der Waals surface area contributed by atoms with Crippen LogP contribution in [0.5, 0.6) is 0 Å². The van der Waals surface area contributed by atoms with Crippen LogP contribution in [0.25, 0.3) is 0 Å². The quantitative estimate of drug-likeness (QED) is 0.836. The molecule has 0 aromatic heterocycles. The third-order valence-corrected chi connectivity index (χ3v) is 2.49. The molecule has 0 aliphatic rings. The van der Waals surface area contributed by atoms with E-state index in [2.05, 4.69) is 21.2 Å². The van der Waals surface area contributed by atoms with Crippen LogP contribution < -0.4 is 5.32 Å². The van der Waals surface area contributed by atoms with Gasteiger partial charge in [0.15, 0.2) is 0 Å². The maximum Gasteiger partial charge on any atom is 0.126 e. The summed E-state index contributed by atoms with van der Waals surface area (Å²) >= 11 is 3.30. The second kappa shape index (κ2) is 6.54. The van der Waals surface area contributed by atoms with Gasteiger partial charge < -0.3 is 5.32 Å². The summed E-state index contributed by atoms with van der Waals surface area (Å²) in [5, 5.41) is 11.4. The number of rotatable bonds is 5. The zero-order valence-corrected chi connectivity index (χ0v) is 9.85. The van der Waals surface area contributed by atoms with E-state index >= 15 is 0 Å². The van der Waals surface area contributed by atoms with Crippen LogP contribution in [0.4, 0.5) is 4.39 Å². The summed E-state index contributed by atoms with van der Waals surface area (Å²) < 4.78 is 14.1. The van der Waals surface area contributed by atoms with Crippen molar-refractivity contribution in [2.75, 3.05) is 13.1 Å².